The Morgan fingerprint density at radius 3 is 2.68 bits per heavy atom. The fourth-order valence-corrected chi connectivity index (χ4v) is 4.62. The van der Waals surface area contributed by atoms with Gasteiger partial charge in [-0.05, 0) is 55.8 Å². The summed E-state index contributed by atoms with van der Waals surface area (Å²) in [5.41, 5.74) is 4.53. The summed E-state index contributed by atoms with van der Waals surface area (Å²) in [7, 11) is 1.59. The van der Waals surface area contributed by atoms with E-state index in [1.54, 1.807) is 12.0 Å². The number of nitrogens with one attached hydrogen (secondary N) is 1. The number of fused-ring (bicyclic) bond motifs is 2. The average Bonchev–Trinajstić information content (AvgIpc) is 3.52. The summed E-state index contributed by atoms with van der Waals surface area (Å²) in [4.78, 5) is 15.5. The van der Waals surface area contributed by atoms with Crippen LogP contribution < -0.4 is 29.2 Å². The standard InChI is InChI=1S/C28H25N3O6/c1-16-21(17(2)37-30-16)14-34-23-10-8-18(12-25(23)33-3)27-29-22-7-5-4-6-20(22)28(32)31(27)19-9-11-24-26(13-19)36-15-35-24/h4-13,27,29H,14-15H2,1-3H3/t27-/m1/s1. The minimum Gasteiger partial charge on any atom is -0.493 e. The van der Waals surface area contributed by atoms with Crippen LogP contribution in [-0.4, -0.2) is 25.0 Å². The number of nitrogens with zero attached hydrogens (tertiary/aromatic N) is 2. The first-order chi connectivity index (χ1) is 18.0. The van der Waals surface area contributed by atoms with Crippen LogP contribution in [0.1, 0.15) is 39.1 Å². The highest BCUT2D eigenvalue weighted by Gasteiger charge is 2.35. The van der Waals surface area contributed by atoms with Gasteiger partial charge >= 0.3 is 0 Å². The van der Waals surface area contributed by atoms with E-state index in [0.29, 0.717) is 40.9 Å². The van der Waals surface area contributed by atoms with Gasteiger partial charge < -0.3 is 28.8 Å². The summed E-state index contributed by atoms with van der Waals surface area (Å²) in [6.07, 6.45) is -0.506. The SMILES string of the molecule is COc1cc([C@@H]2Nc3ccccc3C(=O)N2c2ccc3c(c2)OCO3)ccc1OCc1c(C)noc1C. The molecule has 0 radical (unpaired) electrons. The monoisotopic (exact) mass is 499 g/mol. The lowest BCUT2D eigenvalue weighted by Gasteiger charge is -2.38. The molecule has 0 aliphatic carbocycles. The molecule has 0 saturated carbocycles. The number of aryl methyl sites for hydroxylation is 2. The summed E-state index contributed by atoms with van der Waals surface area (Å²) < 4.78 is 28.0. The normalized spacial score (nSPS) is 15.8. The molecule has 1 N–H and O–H groups in total. The van der Waals surface area contributed by atoms with Crippen LogP contribution in [0.5, 0.6) is 23.0 Å². The third-order valence-corrected chi connectivity index (χ3v) is 6.62. The van der Waals surface area contributed by atoms with E-state index in [1.165, 1.54) is 0 Å². The molecular formula is C28H25N3O6. The highest BCUT2D eigenvalue weighted by molar-refractivity contribution is 6.12. The predicted octanol–water partition coefficient (Wildman–Crippen LogP) is 5.38. The Morgan fingerprint density at radius 1 is 1.03 bits per heavy atom. The molecule has 0 fully saturated rings. The van der Waals surface area contributed by atoms with Gasteiger partial charge in [-0.25, -0.2) is 0 Å². The topological polar surface area (TPSA) is 95.3 Å². The first-order valence-electron chi connectivity index (χ1n) is 11.8. The summed E-state index contributed by atoms with van der Waals surface area (Å²) in [5, 5.41) is 7.50. The molecule has 0 saturated heterocycles. The highest BCUT2D eigenvalue weighted by atomic mass is 16.7. The Labute approximate surface area is 213 Å². The minimum atomic E-state index is -0.506. The smallest absolute Gasteiger partial charge is 0.262 e. The zero-order valence-electron chi connectivity index (χ0n) is 20.6. The van der Waals surface area contributed by atoms with Crippen molar-refractivity contribution < 1.29 is 28.3 Å². The maximum atomic E-state index is 13.8. The Morgan fingerprint density at radius 2 is 1.86 bits per heavy atom. The molecule has 3 aromatic carbocycles. The van der Waals surface area contributed by atoms with E-state index in [4.69, 9.17) is 23.5 Å². The van der Waals surface area contributed by atoms with Gasteiger partial charge in [-0.2, -0.15) is 0 Å². The number of aromatic nitrogens is 1. The van der Waals surface area contributed by atoms with Crippen LogP contribution in [0.15, 0.2) is 65.2 Å². The van der Waals surface area contributed by atoms with Crippen LogP contribution in [0, 0.1) is 13.8 Å². The van der Waals surface area contributed by atoms with Gasteiger partial charge in [-0.3, -0.25) is 9.69 Å². The van der Waals surface area contributed by atoms with Gasteiger partial charge in [0, 0.05) is 11.8 Å². The molecule has 9 heteroatoms. The molecule has 0 unspecified atom stereocenters. The van der Waals surface area contributed by atoms with Gasteiger partial charge in [0.1, 0.15) is 18.5 Å². The van der Waals surface area contributed by atoms with E-state index >= 15 is 0 Å². The molecule has 1 amide bonds. The van der Waals surface area contributed by atoms with Crippen LogP contribution in [0.3, 0.4) is 0 Å². The molecule has 0 bridgehead atoms. The predicted molar refractivity (Wildman–Crippen MR) is 135 cm³/mol. The van der Waals surface area contributed by atoms with Crippen LogP contribution in [-0.2, 0) is 6.61 Å². The maximum Gasteiger partial charge on any atom is 0.262 e. The summed E-state index contributed by atoms with van der Waals surface area (Å²) >= 11 is 0. The van der Waals surface area contributed by atoms with E-state index in [9.17, 15) is 4.79 Å². The van der Waals surface area contributed by atoms with Gasteiger partial charge in [-0.15, -0.1) is 0 Å². The quantitative estimate of drug-likeness (QED) is 0.378. The number of carbonyl (C=O) groups is 1. The minimum absolute atomic E-state index is 0.129. The Kier molecular flexibility index (Phi) is 5.60. The fraction of sp³-hybridized carbons (Fsp3) is 0.214. The molecule has 3 heterocycles. The van der Waals surface area contributed by atoms with Crippen molar-refractivity contribution in [2.24, 2.45) is 0 Å². The third-order valence-electron chi connectivity index (χ3n) is 6.62. The van der Waals surface area contributed by atoms with Crippen molar-refractivity contribution in [2.75, 3.05) is 24.1 Å². The van der Waals surface area contributed by atoms with Crippen LogP contribution in [0.25, 0.3) is 0 Å². The number of para-hydroxylation sites is 1. The highest BCUT2D eigenvalue weighted by Crippen LogP contribution is 2.42. The number of hydrogen-bond acceptors (Lipinski definition) is 8. The van der Waals surface area contributed by atoms with Crippen molar-refractivity contribution in [3.8, 4) is 23.0 Å². The number of anilines is 2. The van der Waals surface area contributed by atoms with Crippen LogP contribution in [0.2, 0.25) is 0 Å². The fourth-order valence-electron chi connectivity index (χ4n) is 4.62. The summed E-state index contributed by atoms with van der Waals surface area (Å²) in [5.74, 6) is 2.96. The zero-order valence-corrected chi connectivity index (χ0v) is 20.6. The summed E-state index contributed by atoms with van der Waals surface area (Å²) in [6.45, 7) is 4.19. The Hall–Kier alpha value is -4.66. The van der Waals surface area contributed by atoms with Crippen molar-refractivity contribution in [3.63, 3.8) is 0 Å². The molecule has 0 spiro atoms. The molecule has 4 aromatic rings. The molecule has 9 nitrogen and oxygen atoms in total. The number of ether oxygens (including phenoxy) is 4. The van der Waals surface area contributed by atoms with E-state index in [-0.39, 0.29) is 12.7 Å². The molecular weight excluding hydrogens is 474 g/mol. The van der Waals surface area contributed by atoms with Crippen LogP contribution >= 0.6 is 0 Å². The van der Waals surface area contributed by atoms with Crippen LogP contribution in [0.4, 0.5) is 11.4 Å². The molecule has 188 valence electrons. The largest absolute Gasteiger partial charge is 0.493 e. The number of benzene rings is 3. The third kappa shape index (κ3) is 3.98. The Balaban J connectivity index is 1.37. The van der Waals surface area contributed by atoms with Crippen molar-refractivity contribution in [2.45, 2.75) is 26.6 Å². The van der Waals surface area contributed by atoms with Crippen molar-refractivity contribution in [1.29, 1.82) is 0 Å². The number of hydrogen-bond donors (Lipinski definition) is 1. The van der Waals surface area contributed by atoms with Crippen molar-refractivity contribution in [1.82, 2.24) is 5.16 Å². The number of carbonyl (C=O) groups excluding carboxylic acids is 1. The lowest BCUT2D eigenvalue weighted by molar-refractivity contribution is 0.0975. The lowest BCUT2D eigenvalue weighted by atomic mass is 10.0. The second-order valence-corrected chi connectivity index (χ2v) is 8.81. The van der Waals surface area contributed by atoms with E-state index in [2.05, 4.69) is 10.5 Å². The Bertz CT molecular complexity index is 1480. The number of methoxy groups -OCH3 is 1. The second-order valence-electron chi connectivity index (χ2n) is 8.81. The molecule has 1 aromatic heterocycles. The van der Waals surface area contributed by atoms with E-state index in [1.807, 2.05) is 74.5 Å². The van der Waals surface area contributed by atoms with Crippen molar-refractivity contribution >= 4 is 17.3 Å². The molecule has 2 aliphatic heterocycles. The number of amides is 1. The van der Waals surface area contributed by atoms with Gasteiger partial charge in [0.15, 0.2) is 23.0 Å². The van der Waals surface area contributed by atoms with Gasteiger partial charge in [0.2, 0.25) is 6.79 Å². The van der Waals surface area contributed by atoms with Crippen molar-refractivity contribution in [3.05, 3.63) is 88.8 Å². The molecule has 1 atom stereocenters. The van der Waals surface area contributed by atoms with E-state index < -0.39 is 6.17 Å². The van der Waals surface area contributed by atoms with E-state index in [0.717, 1.165) is 28.3 Å². The lowest BCUT2D eigenvalue weighted by Crippen LogP contribution is -2.43. The average molecular weight is 500 g/mol. The number of rotatable bonds is 6. The zero-order chi connectivity index (χ0) is 25.5. The van der Waals surface area contributed by atoms with Gasteiger partial charge in [0.25, 0.3) is 5.91 Å². The molecule has 37 heavy (non-hydrogen) atoms. The summed E-state index contributed by atoms with van der Waals surface area (Å²) in [6, 6.07) is 18.6. The van der Waals surface area contributed by atoms with Gasteiger partial charge in [-0.1, -0.05) is 23.4 Å². The first kappa shape index (κ1) is 22.8. The molecule has 6 rings (SSSR count). The maximum absolute atomic E-state index is 13.8. The molecule has 2 aliphatic rings. The first-order valence-corrected chi connectivity index (χ1v) is 11.8. The van der Waals surface area contributed by atoms with Gasteiger partial charge in [0.05, 0.1) is 29.6 Å². The second kappa shape index (κ2) is 9.09.